The molecule has 5 rings (SSSR count). The SMILES string of the molecule is Clc1ccc([C@H](c2nnnn2C2CCCCC2)[NH+]2CCc3ccccc3C2)cc1. The number of tetrazole rings is 1. The Morgan fingerprint density at radius 1 is 0.966 bits per heavy atom. The van der Waals surface area contributed by atoms with Crippen LogP contribution in [0.15, 0.2) is 48.5 Å². The number of hydrogen-bond donors (Lipinski definition) is 1. The number of fused-ring (bicyclic) bond motifs is 1. The maximum Gasteiger partial charge on any atom is 0.214 e. The van der Waals surface area contributed by atoms with E-state index >= 15 is 0 Å². The maximum atomic E-state index is 6.19. The molecule has 1 unspecified atom stereocenters. The first-order valence-corrected chi connectivity index (χ1v) is 11.1. The summed E-state index contributed by atoms with van der Waals surface area (Å²) in [4.78, 5) is 1.50. The average Bonchev–Trinajstić information content (AvgIpc) is 3.25. The number of benzene rings is 2. The van der Waals surface area contributed by atoms with Crippen LogP contribution in [-0.4, -0.2) is 26.8 Å². The normalized spacial score (nSPS) is 20.9. The van der Waals surface area contributed by atoms with Gasteiger partial charge in [0.1, 0.15) is 6.54 Å². The van der Waals surface area contributed by atoms with Gasteiger partial charge in [0.25, 0.3) is 0 Å². The molecule has 1 saturated carbocycles. The van der Waals surface area contributed by atoms with E-state index in [0.717, 1.165) is 30.4 Å². The highest BCUT2D eigenvalue weighted by Gasteiger charge is 2.35. The van der Waals surface area contributed by atoms with E-state index in [1.54, 1.807) is 0 Å². The summed E-state index contributed by atoms with van der Waals surface area (Å²) < 4.78 is 2.13. The van der Waals surface area contributed by atoms with E-state index in [1.807, 2.05) is 12.1 Å². The quantitative estimate of drug-likeness (QED) is 0.718. The second kappa shape index (κ2) is 8.25. The number of nitrogens with one attached hydrogen (secondary N) is 1. The van der Waals surface area contributed by atoms with Gasteiger partial charge in [-0.15, -0.1) is 5.10 Å². The molecule has 1 aliphatic carbocycles. The maximum absolute atomic E-state index is 6.19. The smallest absolute Gasteiger partial charge is 0.214 e. The number of quaternary nitrogens is 1. The van der Waals surface area contributed by atoms with Gasteiger partial charge in [-0.05, 0) is 41.0 Å². The summed E-state index contributed by atoms with van der Waals surface area (Å²) in [6, 6.07) is 17.6. The van der Waals surface area contributed by atoms with Crippen molar-refractivity contribution in [1.29, 1.82) is 0 Å². The zero-order chi connectivity index (χ0) is 19.6. The summed E-state index contributed by atoms with van der Waals surface area (Å²) >= 11 is 6.19. The molecule has 0 saturated heterocycles. The van der Waals surface area contributed by atoms with Gasteiger partial charge in [-0.1, -0.05) is 67.3 Å². The van der Waals surface area contributed by atoms with E-state index in [4.69, 9.17) is 11.6 Å². The van der Waals surface area contributed by atoms with Gasteiger partial charge >= 0.3 is 0 Å². The first kappa shape index (κ1) is 18.8. The van der Waals surface area contributed by atoms with Crippen LogP contribution in [-0.2, 0) is 13.0 Å². The number of nitrogens with zero attached hydrogens (tertiary/aromatic N) is 4. The minimum absolute atomic E-state index is 0.109. The highest BCUT2D eigenvalue weighted by molar-refractivity contribution is 6.30. The monoisotopic (exact) mass is 408 g/mol. The zero-order valence-corrected chi connectivity index (χ0v) is 17.4. The molecule has 2 aromatic carbocycles. The molecule has 1 N–H and O–H groups in total. The van der Waals surface area contributed by atoms with Gasteiger partial charge in [0.2, 0.25) is 5.82 Å². The van der Waals surface area contributed by atoms with Crippen molar-refractivity contribution < 1.29 is 4.90 Å². The summed E-state index contributed by atoms with van der Waals surface area (Å²) in [6.07, 6.45) is 7.27. The molecule has 1 aliphatic heterocycles. The molecule has 0 radical (unpaired) electrons. The Morgan fingerprint density at radius 3 is 2.52 bits per heavy atom. The van der Waals surface area contributed by atoms with E-state index in [9.17, 15) is 0 Å². The summed E-state index contributed by atoms with van der Waals surface area (Å²) in [5, 5.41) is 13.9. The summed E-state index contributed by atoms with van der Waals surface area (Å²) in [5.74, 6) is 0.994. The van der Waals surface area contributed by atoms with Gasteiger partial charge < -0.3 is 4.90 Å². The van der Waals surface area contributed by atoms with Crippen molar-refractivity contribution in [3.63, 3.8) is 0 Å². The lowest BCUT2D eigenvalue weighted by atomic mass is 9.94. The van der Waals surface area contributed by atoms with Crippen LogP contribution in [0.4, 0.5) is 0 Å². The van der Waals surface area contributed by atoms with Crippen molar-refractivity contribution in [2.45, 2.75) is 57.2 Å². The molecule has 2 atom stereocenters. The van der Waals surface area contributed by atoms with Gasteiger partial charge in [-0.2, -0.15) is 0 Å². The fourth-order valence-electron chi connectivity index (χ4n) is 5.05. The molecule has 2 aliphatic rings. The van der Waals surface area contributed by atoms with E-state index in [1.165, 1.54) is 53.7 Å². The first-order valence-electron chi connectivity index (χ1n) is 10.7. The second-order valence-electron chi connectivity index (χ2n) is 8.36. The molecule has 0 spiro atoms. The Kier molecular flexibility index (Phi) is 5.34. The highest BCUT2D eigenvalue weighted by Crippen LogP contribution is 2.30. The molecule has 0 bridgehead atoms. The Bertz CT molecular complexity index is 961. The molecule has 150 valence electrons. The number of aromatic nitrogens is 4. The predicted octanol–water partition coefficient (Wildman–Crippen LogP) is 3.56. The minimum atomic E-state index is 0.109. The fraction of sp³-hybridized carbons (Fsp3) is 0.435. The molecule has 6 heteroatoms. The third-order valence-electron chi connectivity index (χ3n) is 6.56. The Hall–Kier alpha value is -2.24. The van der Waals surface area contributed by atoms with E-state index < -0.39 is 0 Å². The molecule has 0 amide bonds. The molecular formula is C23H27ClN5+. The third-order valence-corrected chi connectivity index (χ3v) is 6.81. The van der Waals surface area contributed by atoms with E-state index in [0.29, 0.717) is 6.04 Å². The molecule has 1 aromatic heterocycles. The standard InChI is InChI=1S/C23H26ClN5/c24-20-12-10-18(11-13-20)22(28-15-14-17-6-4-5-7-19(17)16-28)23-25-26-27-29(23)21-8-2-1-3-9-21/h4-7,10-13,21-22H,1-3,8-9,14-16H2/p+1/t22-/m1/s1. The van der Waals surface area contributed by atoms with Crippen LogP contribution >= 0.6 is 11.6 Å². The van der Waals surface area contributed by atoms with E-state index in [2.05, 4.69) is 56.6 Å². The average molecular weight is 409 g/mol. The molecule has 3 aromatic rings. The third kappa shape index (κ3) is 3.81. The Morgan fingerprint density at radius 2 is 1.72 bits per heavy atom. The highest BCUT2D eigenvalue weighted by atomic mass is 35.5. The van der Waals surface area contributed by atoms with Crippen molar-refractivity contribution >= 4 is 11.6 Å². The molecular weight excluding hydrogens is 382 g/mol. The van der Waals surface area contributed by atoms with Crippen LogP contribution in [0, 0.1) is 0 Å². The van der Waals surface area contributed by atoms with Crippen molar-refractivity contribution in [2.24, 2.45) is 0 Å². The molecule has 5 nitrogen and oxygen atoms in total. The topological polar surface area (TPSA) is 48.0 Å². The summed E-state index contributed by atoms with van der Waals surface area (Å²) in [7, 11) is 0. The van der Waals surface area contributed by atoms with Crippen LogP contribution < -0.4 is 4.90 Å². The van der Waals surface area contributed by atoms with Gasteiger partial charge in [-0.25, -0.2) is 4.68 Å². The van der Waals surface area contributed by atoms with Crippen LogP contribution in [0.5, 0.6) is 0 Å². The van der Waals surface area contributed by atoms with Gasteiger partial charge in [0.15, 0.2) is 6.04 Å². The summed E-state index contributed by atoms with van der Waals surface area (Å²) in [6.45, 7) is 2.06. The molecule has 29 heavy (non-hydrogen) atoms. The number of hydrogen-bond acceptors (Lipinski definition) is 3. The molecule has 1 fully saturated rings. The van der Waals surface area contributed by atoms with Crippen molar-refractivity contribution in [3.05, 3.63) is 76.1 Å². The minimum Gasteiger partial charge on any atom is -0.318 e. The number of rotatable bonds is 4. The van der Waals surface area contributed by atoms with E-state index in [-0.39, 0.29) is 6.04 Å². The van der Waals surface area contributed by atoms with Crippen LogP contribution in [0.25, 0.3) is 0 Å². The van der Waals surface area contributed by atoms with Crippen molar-refractivity contribution in [3.8, 4) is 0 Å². The van der Waals surface area contributed by atoms with Gasteiger partial charge in [0, 0.05) is 22.6 Å². The van der Waals surface area contributed by atoms with Crippen LogP contribution in [0.1, 0.15) is 66.7 Å². The second-order valence-corrected chi connectivity index (χ2v) is 8.80. The van der Waals surface area contributed by atoms with Gasteiger partial charge in [-0.3, -0.25) is 0 Å². The predicted molar refractivity (Wildman–Crippen MR) is 113 cm³/mol. The Balaban J connectivity index is 1.54. The zero-order valence-electron chi connectivity index (χ0n) is 16.6. The summed E-state index contributed by atoms with van der Waals surface area (Å²) in [5.41, 5.74) is 4.14. The van der Waals surface area contributed by atoms with Crippen LogP contribution in [0.2, 0.25) is 5.02 Å². The first-order chi connectivity index (χ1) is 14.3. The lowest BCUT2D eigenvalue weighted by Crippen LogP contribution is -3.12. The lowest BCUT2D eigenvalue weighted by molar-refractivity contribution is -0.941. The van der Waals surface area contributed by atoms with Gasteiger partial charge in [0.05, 0.1) is 12.6 Å². The number of halogens is 1. The Labute approximate surface area is 176 Å². The van der Waals surface area contributed by atoms with Crippen molar-refractivity contribution in [1.82, 2.24) is 20.2 Å². The molecule has 2 heterocycles. The largest absolute Gasteiger partial charge is 0.318 e. The van der Waals surface area contributed by atoms with Crippen molar-refractivity contribution in [2.75, 3.05) is 6.54 Å². The van der Waals surface area contributed by atoms with Crippen LogP contribution in [0.3, 0.4) is 0 Å². The fourth-order valence-corrected chi connectivity index (χ4v) is 5.17. The lowest BCUT2D eigenvalue weighted by Gasteiger charge is -2.33.